The standard InChI is InChI=1S/C18H21N7O/c1-23-16(11-20-22-23)12-24-10-2-3-15(24)13-25-18(26)5-4-17(21-25)14-6-8-19-9-7-14/h4-9,11,15H,2-3,10,12-13H2,1H3. The topological polar surface area (TPSA) is 81.7 Å². The van der Waals surface area contributed by atoms with E-state index in [0.29, 0.717) is 6.54 Å². The molecular weight excluding hydrogens is 330 g/mol. The van der Waals surface area contributed by atoms with Gasteiger partial charge in [-0.25, -0.2) is 4.68 Å². The first-order chi connectivity index (χ1) is 12.7. The Hall–Kier alpha value is -2.87. The van der Waals surface area contributed by atoms with Gasteiger partial charge in [-0.05, 0) is 37.6 Å². The van der Waals surface area contributed by atoms with Gasteiger partial charge in [-0.2, -0.15) is 5.10 Å². The number of pyridine rings is 1. The van der Waals surface area contributed by atoms with E-state index in [0.717, 1.165) is 42.9 Å². The van der Waals surface area contributed by atoms with Gasteiger partial charge >= 0.3 is 0 Å². The zero-order valence-electron chi connectivity index (χ0n) is 14.7. The van der Waals surface area contributed by atoms with Gasteiger partial charge < -0.3 is 0 Å². The second kappa shape index (κ2) is 7.17. The largest absolute Gasteiger partial charge is 0.293 e. The monoisotopic (exact) mass is 351 g/mol. The van der Waals surface area contributed by atoms with Gasteiger partial charge in [0, 0.05) is 43.7 Å². The van der Waals surface area contributed by atoms with E-state index >= 15 is 0 Å². The Bertz CT molecular complexity index is 934. The molecule has 1 fully saturated rings. The van der Waals surface area contributed by atoms with Crippen LogP contribution in [0.3, 0.4) is 0 Å². The molecule has 3 aromatic rings. The second-order valence-electron chi connectivity index (χ2n) is 6.59. The summed E-state index contributed by atoms with van der Waals surface area (Å²) in [4.78, 5) is 18.7. The highest BCUT2D eigenvalue weighted by Crippen LogP contribution is 2.21. The highest BCUT2D eigenvalue weighted by Gasteiger charge is 2.26. The summed E-state index contributed by atoms with van der Waals surface area (Å²) < 4.78 is 3.38. The lowest BCUT2D eigenvalue weighted by Gasteiger charge is -2.24. The van der Waals surface area contributed by atoms with E-state index in [1.165, 1.54) is 0 Å². The first kappa shape index (κ1) is 16.6. The SMILES string of the molecule is Cn1nncc1CN1CCCC1Cn1nc(-c2ccncc2)ccc1=O. The second-order valence-corrected chi connectivity index (χ2v) is 6.59. The van der Waals surface area contributed by atoms with E-state index in [1.807, 2.05) is 19.2 Å². The minimum Gasteiger partial charge on any atom is -0.293 e. The maximum Gasteiger partial charge on any atom is 0.266 e. The maximum atomic E-state index is 12.3. The Labute approximate surface area is 151 Å². The lowest BCUT2D eigenvalue weighted by atomic mass is 10.2. The molecule has 0 aromatic carbocycles. The van der Waals surface area contributed by atoms with Crippen LogP contribution in [-0.4, -0.2) is 47.2 Å². The number of hydrogen-bond donors (Lipinski definition) is 0. The molecule has 0 bridgehead atoms. The minimum absolute atomic E-state index is 0.0724. The van der Waals surface area contributed by atoms with Crippen LogP contribution in [0.5, 0.6) is 0 Å². The van der Waals surface area contributed by atoms with Gasteiger partial charge in [0.2, 0.25) is 0 Å². The molecule has 26 heavy (non-hydrogen) atoms. The fourth-order valence-corrected chi connectivity index (χ4v) is 3.43. The molecule has 134 valence electrons. The number of hydrogen-bond acceptors (Lipinski definition) is 6. The van der Waals surface area contributed by atoms with Crippen molar-refractivity contribution in [3.63, 3.8) is 0 Å². The van der Waals surface area contributed by atoms with E-state index in [4.69, 9.17) is 0 Å². The Morgan fingerprint density at radius 3 is 2.81 bits per heavy atom. The molecule has 0 amide bonds. The van der Waals surface area contributed by atoms with Crippen LogP contribution in [0.4, 0.5) is 0 Å². The van der Waals surface area contributed by atoms with Crippen molar-refractivity contribution in [1.29, 1.82) is 0 Å². The minimum atomic E-state index is -0.0724. The number of likely N-dealkylation sites (tertiary alicyclic amines) is 1. The molecule has 0 aliphatic carbocycles. The number of rotatable bonds is 5. The fourth-order valence-electron chi connectivity index (χ4n) is 3.43. The predicted octanol–water partition coefficient (Wildman–Crippen LogP) is 1.10. The zero-order chi connectivity index (χ0) is 17.9. The summed E-state index contributed by atoms with van der Waals surface area (Å²) in [7, 11) is 1.90. The van der Waals surface area contributed by atoms with Gasteiger partial charge in [-0.3, -0.25) is 19.4 Å². The first-order valence-electron chi connectivity index (χ1n) is 8.77. The third-order valence-corrected chi connectivity index (χ3v) is 4.90. The molecular formula is C18H21N7O. The quantitative estimate of drug-likeness (QED) is 0.685. The summed E-state index contributed by atoms with van der Waals surface area (Å²) in [6.07, 6.45) is 7.43. The Kier molecular flexibility index (Phi) is 4.57. The number of aryl methyl sites for hydroxylation is 1. The van der Waals surface area contributed by atoms with Gasteiger partial charge in [-0.15, -0.1) is 5.10 Å². The molecule has 8 nitrogen and oxygen atoms in total. The van der Waals surface area contributed by atoms with Crippen molar-refractivity contribution in [1.82, 2.24) is 34.7 Å². The van der Waals surface area contributed by atoms with Gasteiger partial charge in [0.25, 0.3) is 5.56 Å². The van der Waals surface area contributed by atoms with Crippen molar-refractivity contribution in [2.24, 2.45) is 7.05 Å². The Balaban J connectivity index is 1.54. The van der Waals surface area contributed by atoms with Crippen LogP contribution < -0.4 is 5.56 Å². The van der Waals surface area contributed by atoms with E-state index in [9.17, 15) is 4.79 Å². The average molecular weight is 351 g/mol. The van der Waals surface area contributed by atoms with Crippen LogP contribution in [0.15, 0.2) is 47.7 Å². The molecule has 1 aliphatic rings. The van der Waals surface area contributed by atoms with Gasteiger partial charge in [0.1, 0.15) is 0 Å². The number of nitrogens with zero attached hydrogens (tertiary/aromatic N) is 7. The molecule has 1 atom stereocenters. The van der Waals surface area contributed by atoms with Crippen molar-refractivity contribution in [3.8, 4) is 11.3 Å². The van der Waals surface area contributed by atoms with Crippen LogP contribution in [-0.2, 0) is 20.1 Å². The summed E-state index contributed by atoms with van der Waals surface area (Å²) in [5.41, 5.74) is 2.74. The molecule has 1 saturated heterocycles. The highest BCUT2D eigenvalue weighted by molar-refractivity contribution is 5.56. The van der Waals surface area contributed by atoms with Gasteiger partial charge in [0.05, 0.1) is 24.1 Å². The summed E-state index contributed by atoms with van der Waals surface area (Å²) in [6.45, 7) is 2.38. The van der Waals surface area contributed by atoms with Crippen LogP contribution in [0.25, 0.3) is 11.3 Å². The predicted molar refractivity (Wildman–Crippen MR) is 96.2 cm³/mol. The summed E-state index contributed by atoms with van der Waals surface area (Å²) >= 11 is 0. The van der Waals surface area contributed by atoms with E-state index in [1.54, 1.807) is 40.1 Å². The smallest absolute Gasteiger partial charge is 0.266 e. The molecule has 8 heteroatoms. The van der Waals surface area contributed by atoms with Crippen molar-refractivity contribution >= 4 is 0 Å². The summed E-state index contributed by atoms with van der Waals surface area (Å²) in [5, 5.41) is 12.5. The summed E-state index contributed by atoms with van der Waals surface area (Å²) in [5.74, 6) is 0. The van der Waals surface area contributed by atoms with Crippen LogP contribution >= 0.6 is 0 Å². The third-order valence-electron chi connectivity index (χ3n) is 4.90. The van der Waals surface area contributed by atoms with E-state index < -0.39 is 0 Å². The highest BCUT2D eigenvalue weighted by atomic mass is 16.1. The molecule has 1 unspecified atom stereocenters. The van der Waals surface area contributed by atoms with E-state index in [2.05, 4.69) is 25.3 Å². The Morgan fingerprint density at radius 2 is 2.04 bits per heavy atom. The van der Waals surface area contributed by atoms with E-state index in [-0.39, 0.29) is 11.6 Å². The van der Waals surface area contributed by atoms with Crippen LogP contribution in [0, 0.1) is 0 Å². The Morgan fingerprint density at radius 1 is 1.19 bits per heavy atom. The molecule has 4 rings (SSSR count). The number of aromatic nitrogens is 6. The van der Waals surface area contributed by atoms with Crippen LogP contribution in [0.2, 0.25) is 0 Å². The molecule has 3 aromatic heterocycles. The van der Waals surface area contributed by atoms with Crippen molar-refractivity contribution in [2.45, 2.75) is 32.0 Å². The normalized spacial score (nSPS) is 17.7. The average Bonchev–Trinajstić information content (AvgIpc) is 3.27. The first-order valence-corrected chi connectivity index (χ1v) is 8.77. The molecule has 4 heterocycles. The zero-order valence-corrected chi connectivity index (χ0v) is 14.7. The van der Waals surface area contributed by atoms with Crippen molar-refractivity contribution in [3.05, 3.63) is 58.9 Å². The van der Waals surface area contributed by atoms with Crippen LogP contribution in [0.1, 0.15) is 18.5 Å². The molecule has 0 saturated carbocycles. The summed E-state index contributed by atoms with van der Waals surface area (Å²) in [6, 6.07) is 7.43. The lowest BCUT2D eigenvalue weighted by Crippen LogP contribution is -2.37. The van der Waals surface area contributed by atoms with Crippen molar-refractivity contribution in [2.75, 3.05) is 6.54 Å². The van der Waals surface area contributed by atoms with Crippen molar-refractivity contribution < 1.29 is 0 Å². The van der Waals surface area contributed by atoms with Gasteiger partial charge in [0.15, 0.2) is 0 Å². The molecule has 1 aliphatic heterocycles. The van der Waals surface area contributed by atoms with Gasteiger partial charge in [-0.1, -0.05) is 5.21 Å². The molecule has 0 N–H and O–H groups in total. The maximum absolute atomic E-state index is 12.3. The fraction of sp³-hybridized carbons (Fsp3) is 0.389. The third kappa shape index (κ3) is 3.41. The molecule has 0 radical (unpaired) electrons. The molecule has 0 spiro atoms. The lowest BCUT2D eigenvalue weighted by molar-refractivity contribution is 0.212.